The number of rotatable bonds is 5. The van der Waals surface area contributed by atoms with Crippen LogP contribution < -0.4 is 10.6 Å². The SMILES string of the molecule is CC[C@H](C)[C@H](NC(=O)NC1CCCCCCC1)C(=O)O. The molecule has 1 aliphatic carbocycles. The summed E-state index contributed by atoms with van der Waals surface area (Å²) in [6.45, 7) is 3.77. The van der Waals surface area contributed by atoms with Gasteiger partial charge in [-0.05, 0) is 18.8 Å². The van der Waals surface area contributed by atoms with Gasteiger partial charge < -0.3 is 15.7 Å². The van der Waals surface area contributed by atoms with Gasteiger partial charge in [-0.25, -0.2) is 9.59 Å². The van der Waals surface area contributed by atoms with Gasteiger partial charge in [-0.3, -0.25) is 0 Å². The molecule has 1 fully saturated rings. The Bertz CT molecular complexity index is 312. The first-order valence-electron chi connectivity index (χ1n) is 7.84. The van der Waals surface area contributed by atoms with Gasteiger partial charge in [0, 0.05) is 6.04 Å². The van der Waals surface area contributed by atoms with Crippen LogP contribution in [0.2, 0.25) is 0 Å². The van der Waals surface area contributed by atoms with Gasteiger partial charge in [0.25, 0.3) is 0 Å². The third-order valence-electron chi connectivity index (χ3n) is 4.21. The van der Waals surface area contributed by atoms with E-state index in [1.165, 1.54) is 19.3 Å². The molecule has 0 aromatic rings. The lowest BCUT2D eigenvalue weighted by Crippen LogP contribution is -2.51. The normalized spacial score (nSPS) is 20.3. The van der Waals surface area contributed by atoms with Gasteiger partial charge in [-0.2, -0.15) is 0 Å². The minimum atomic E-state index is -0.966. The third-order valence-corrected chi connectivity index (χ3v) is 4.21. The van der Waals surface area contributed by atoms with Crippen LogP contribution in [0.3, 0.4) is 0 Å². The first-order chi connectivity index (χ1) is 9.54. The van der Waals surface area contributed by atoms with Gasteiger partial charge in [-0.1, -0.05) is 52.4 Å². The minimum Gasteiger partial charge on any atom is -0.480 e. The molecule has 0 unspecified atom stereocenters. The summed E-state index contributed by atoms with van der Waals surface area (Å²) in [7, 11) is 0. The second kappa shape index (κ2) is 8.82. The van der Waals surface area contributed by atoms with Crippen molar-refractivity contribution < 1.29 is 14.7 Å². The number of hydrogen-bond donors (Lipinski definition) is 3. The number of carboxylic acids is 1. The maximum Gasteiger partial charge on any atom is 0.326 e. The molecule has 0 heterocycles. The van der Waals surface area contributed by atoms with Crippen molar-refractivity contribution >= 4 is 12.0 Å². The Morgan fingerprint density at radius 3 is 2.20 bits per heavy atom. The van der Waals surface area contributed by atoms with Crippen LogP contribution in [0.5, 0.6) is 0 Å². The van der Waals surface area contributed by atoms with Gasteiger partial charge in [0.05, 0.1) is 0 Å². The fourth-order valence-electron chi connectivity index (χ4n) is 2.65. The number of carboxylic acid groups (broad SMARTS) is 1. The monoisotopic (exact) mass is 284 g/mol. The maximum atomic E-state index is 12.0. The van der Waals surface area contributed by atoms with Crippen LogP contribution >= 0.6 is 0 Å². The molecule has 5 heteroatoms. The highest BCUT2D eigenvalue weighted by atomic mass is 16.4. The molecule has 116 valence electrons. The summed E-state index contributed by atoms with van der Waals surface area (Å²) in [6.07, 6.45) is 8.73. The number of urea groups is 1. The van der Waals surface area contributed by atoms with Crippen molar-refractivity contribution in [2.75, 3.05) is 0 Å². The summed E-state index contributed by atoms with van der Waals surface area (Å²) in [6, 6.07) is -0.974. The second-order valence-corrected chi connectivity index (χ2v) is 5.86. The van der Waals surface area contributed by atoms with Gasteiger partial charge in [0.2, 0.25) is 0 Å². The van der Waals surface area contributed by atoms with Crippen molar-refractivity contribution in [1.82, 2.24) is 10.6 Å². The van der Waals surface area contributed by atoms with Gasteiger partial charge in [0.1, 0.15) is 6.04 Å². The van der Waals surface area contributed by atoms with Crippen molar-refractivity contribution in [3.8, 4) is 0 Å². The average Bonchev–Trinajstić information content (AvgIpc) is 2.37. The molecule has 0 aromatic heterocycles. The number of hydrogen-bond acceptors (Lipinski definition) is 2. The molecule has 0 radical (unpaired) electrons. The summed E-state index contributed by atoms with van der Waals surface area (Å²) in [4.78, 5) is 23.1. The Labute approximate surface area is 121 Å². The van der Waals surface area contributed by atoms with Gasteiger partial charge >= 0.3 is 12.0 Å². The topological polar surface area (TPSA) is 78.4 Å². The summed E-state index contributed by atoms with van der Waals surface area (Å²) < 4.78 is 0. The zero-order valence-corrected chi connectivity index (χ0v) is 12.7. The Hall–Kier alpha value is -1.26. The van der Waals surface area contributed by atoms with Crippen LogP contribution in [0.25, 0.3) is 0 Å². The first-order valence-corrected chi connectivity index (χ1v) is 7.84. The molecule has 20 heavy (non-hydrogen) atoms. The van der Waals surface area contributed by atoms with Crippen LogP contribution in [0.1, 0.15) is 65.2 Å². The smallest absolute Gasteiger partial charge is 0.326 e. The predicted octanol–water partition coefficient (Wildman–Crippen LogP) is 2.90. The maximum absolute atomic E-state index is 12.0. The molecule has 0 saturated heterocycles. The van der Waals surface area contributed by atoms with E-state index >= 15 is 0 Å². The Balaban J connectivity index is 2.45. The largest absolute Gasteiger partial charge is 0.480 e. The summed E-state index contributed by atoms with van der Waals surface area (Å²) in [5.74, 6) is -1.04. The number of nitrogens with one attached hydrogen (secondary N) is 2. The molecule has 1 rings (SSSR count). The molecule has 1 saturated carbocycles. The second-order valence-electron chi connectivity index (χ2n) is 5.86. The van der Waals surface area contributed by atoms with E-state index in [2.05, 4.69) is 10.6 Å². The zero-order chi connectivity index (χ0) is 15.0. The molecular weight excluding hydrogens is 256 g/mol. The molecule has 0 aromatic carbocycles. The van der Waals surface area contributed by atoms with E-state index < -0.39 is 12.0 Å². The van der Waals surface area contributed by atoms with Crippen LogP contribution in [0.4, 0.5) is 4.79 Å². The molecule has 3 N–H and O–H groups in total. The molecule has 2 atom stereocenters. The fourth-order valence-corrected chi connectivity index (χ4v) is 2.65. The van der Waals surface area contributed by atoms with Crippen molar-refractivity contribution in [2.45, 2.75) is 77.3 Å². The van der Waals surface area contributed by atoms with E-state index in [-0.39, 0.29) is 18.0 Å². The van der Waals surface area contributed by atoms with E-state index in [0.29, 0.717) is 0 Å². The Morgan fingerprint density at radius 1 is 1.15 bits per heavy atom. The van der Waals surface area contributed by atoms with Crippen molar-refractivity contribution in [2.24, 2.45) is 5.92 Å². The van der Waals surface area contributed by atoms with Crippen LogP contribution in [0, 0.1) is 5.92 Å². The van der Waals surface area contributed by atoms with Crippen LogP contribution in [-0.4, -0.2) is 29.2 Å². The number of carbonyl (C=O) groups is 2. The Morgan fingerprint density at radius 2 is 1.70 bits per heavy atom. The van der Waals surface area contributed by atoms with E-state index in [1.54, 1.807) is 0 Å². The Kier molecular flexibility index (Phi) is 7.41. The molecule has 0 spiro atoms. The van der Waals surface area contributed by atoms with Crippen LogP contribution in [0.15, 0.2) is 0 Å². The number of aliphatic carboxylic acids is 1. The number of amides is 2. The van der Waals surface area contributed by atoms with Crippen molar-refractivity contribution in [3.05, 3.63) is 0 Å². The third kappa shape index (κ3) is 5.80. The average molecular weight is 284 g/mol. The fraction of sp³-hybridized carbons (Fsp3) is 0.867. The van der Waals surface area contributed by atoms with E-state index in [4.69, 9.17) is 5.11 Å². The number of carbonyl (C=O) groups excluding carboxylic acids is 1. The van der Waals surface area contributed by atoms with Gasteiger partial charge in [-0.15, -0.1) is 0 Å². The molecule has 2 amide bonds. The first kappa shape index (κ1) is 16.8. The lowest BCUT2D eigenvalue weighted by Gasteiger charge is -2.24. The minimum absolute atomic E-state index is 0.0735. The van der Waals surface area contributed by atoms with E-state index in [0.717, 1.165) is 32.1 Å². The van der Waals surface area contributed by atoms with Gasteiger partial charge in [0.15, 0.2) is 0 Å². The molecule has 0 aliphatic heterocycles. The molecule has 5 nitrogen and oxygen atoms in total. The highest BCUT2D eigenvalue weighted by Gasteiger charge is 2.26. The van der Waals surface area contributed by atoms with Crippen LogP contribution in [-0.2, 0) is 4.79 Å². The van der Waals surface area contributed by atoms with Crippen molar-refractivity contribution in [3.63, 3.8) is 0 Å². The summed E-state index contributed by atoms with van der Waals surface area (Å²) >= 11 is 0. The highest BCUT2D eigenvalue weighted by molar-refractivity contribution is 5.82. The lowest BCUT2D eigenvalue weighted by molar-refractivity contribution is -0.140. The van der Waals surface area contributed by atoms with E-state index in [9.17, 15) is 9.59 Å². The molecule has 0 bridgehead atoms. The zero-order valence-electron chi connectivity index (χ0n) is 12.7. The standard InChI is InChI=1S/C15H28N2O3/c1-3-11(2)13(14(18)19)17-15(20)16-12-9-7-5-4-6-8-10-12/h11-13H,3-10H2,1-2H3,(H,18,19)(H2,16,17,20)/t11-,13-/m0/s1. The predicted molar refractivity (Wildman–Crippen MR) is 78.7 cm³/mol. The van der Waals surface area contributed by atoms with Crippen molar-refractivity contribution in [1.29, 1.82) is 0 Å². The molecule has 1 aliphatic rings. The highest BCUT2D eigenvalue weighted by Crippen LogP contribution is 2.17. The molecular formula is C15H28N2O3. The quantitative estimate of drug-likeness (QED) is 0.726. The summed E-state index contributed by atoms with van der Waals surface area (Å²) in [5, 5.41) is 14.7. The van der Waals surface area contributed by atoms with E-state index in [1.807, 2.05) is 13.8 Å². The lowest BCUT2D eigenvalue weighted by atomic mass is 9.97. The summed E-state index contributed by atoms with van der Waals surface area (Å²) in [5.41, 5.74) is 0.